The molecule has 9 nitrogen and oxygen atoms in total. The Morgan fingerprint density at radius 1 is 1.30 bits per heavy atom. The molecule has 0 aliphatic heterocycles. The summed E-state index contributed by atoms with van der Waals surface area (Å²) in [6.07, 6.45) is 3.09. The van der Waals surface area contributed by atoms with Gasteiger partial charge in [-0.25, -0.2) is 19.1 Å². The SMILES string of the molecule is Cc1ccc(C)c(-n2ncc(NC(=O)NCCn3cnc(C#N)n3)c2C)c1. The van der Waals surface area contributed by atoms with Crippen molar-refractivity contribution in [2.45, 2.75) is 27.3 Å². The molecule has 2 amide bonds. The van der Waals surface area contributed by atoms with Gasteiger partial charge in [-0.15, -0.1) is 5.10 Å². The normalized spacial score (nSPS) is 10.4. The Kier molecular flexibility index (Phi) is 5.17. The van der Waals surface area contributed by atoms with Crippen LogP contribution in [0, 0.1) is 32.1 Å². The van der Waals surface area contributed by atoms with Crippen molar-refractivity contribution < 1.29 is 4.79 Å². The zero-order valence-corrected chi connectivity index (χ0v) is 15.4. The second-order valence-corrected chi connectivity index (χ2v) is 6.17. The van der Waals surface area contributed by atoms with E-state index in [1.807, 2.05) is 37.6 Å². The van der Waals surface area contributed by atoms with Crippen LogP contribution in [-0.4, -0.2) is 37.1 Å². The van der Waals surface area contributed by atoms with Crippen molar-refractivity contribution in [3.63, 3.8) is 0 Å². The number of amides is 2. The largest absolute Gasteiger partial charge is 0.336 e. The van der Waals surface area contributed by atoms with Gasteiger partial charge in [0.1, 0.15) is 12.4 Å². The molecule has 138 valence electrons. The number of nitriles is 1. The molecular weight excluding hydrogens is 344 g/mol. The average Bonchev–Trinajstić information content (AvgIpc) is 3.24. The van der Waals surface area contributed by atoms with Crippen LogP contribution in [0.2, 0.25) is 0 Å². The Labute approximate surface area is 156 Å². The van der Waals surface area contributed by atoms with Crippen LogP contribution in [0.3, 0.4) is 0 Å². The van der Waals surface area contributed by atoms with E-state index in [4.69, 9.17) is 5.26 Å². The molecule has 1 aromatic carbocycles. The molecule has 0 radical (unpaired) electrons. The summed E-state index contributed by atoms with van der Waals surface area (Å²) in [5.41, 5.74) is 4.72. The zero-order valence-electron chi connectivity index (χ0n) is 15.4. The number of nitrogens with zero attached hydrogens (tertiary/aromatic N) is 6. The maximum absolute atomic E-state index is 12.1. The van der Waals surface area contributed by atoms with Crippen LogP contribution in [0.15, 0.2) is 30.7 Å². The molecule has 0 aliphatic carbocycles. The summed E-state index contributed by atoms with van der Waals surface area (Å²) in [6.45, 7) is 6.73. The second-order valence-electron chi connectivity index (χ2n) is 6.17. The maximum atomic E-state index is 12.1. The highest BCUT2D eigenvalue weighted by Crippen LogP contribution is 2.21. The van der Waals surface area contributed by atoms with Gasteiger partial charge >= 0.3 is 6.03 Å². The van der Waals surface area contributed by atoms with Gasteiger partial charge in [-0.1, -0.05) is 12.1 Å². The molecule has 9 heteroatoms. The molecule has 2 N–H and O–H groups in total. The van der Waals surface area contributed by atoms with Gasteiger partial charge in [0.05, 0.1) is 29.8 Å². The van der Waals surface area contributed by atoms with Crippen LogP contribution in [0.25, 0.3) is 5.69 Å². The predicted octanol–water partition coefficient (Wildman–Crippen LogP) is 2.08. The number of aryl methyl sites for hydroxylation is 2. The molecule has 0 bridgehead atoms. The summed E-state index contributed by atoms with van der Waals surface area (Å²) in [5, 5.41) is 22.6. The van der Waals surface area contributed by atoms with Crippen molar-refractivity contribution >= 4 is 11.7 Å². The topological polar surface area (TPSA) is 113 Å². The molecule has 0 unspecified atom stereocenters. The van der Waals surface area contributed by atoms with Crippen molar-refractivity contribution in [1.29, 1.82) is 5.26 Å². The quantitative estimate of drug-likeness (QED) is 0.719. The number of anilines is 1. The first-order valence-corrected chi connectivity index (χ1v) is 8.44. The van der Waals surface area contributed by atoms with Gasteiger partial charge in [-0.2, -0.15) is 10.4 Å². The lowest BCUT2D eigenvalue weighted by molar-refractivity contribution is 0.251. The number of rotatable bonds is 5. The smallest absolute Gasteiger partial charge is 0.319 e. The molecule has 0 aliphatic rings. The summed E-state index contributed by atoms with van der Waals surface area (Å²) in [7, 11) is 0. The van der Waals surface area contributed by atoms with Gasteiger partial charge in [0, 0.05) is 6.54 Å². The summed E-state index contributed by atoms with van der Waals surface area (Å²) in [5.74, 6) is 0.105. The summed E-state index contributed by atoms with van der Waals surface area (Å²) in [6, 6.07) is 7.69. The van der Waals surface area contributed by atoms with Crippen molar-refractivity contribution in [2.75, 3.05) is 11.9 Å². The van der Waals surface area contributed by atoms with E-state index in [9.17, 15) is 4.79 Å². The van der Waals surface area contributed by atoms with E-state index in [0.29, 0.717) is 18.8 Å². The van der Waals surface area contributed by atoms with Gasteiger partial charge < -0.3 is 10.6 Å². The highest BCUT2D eigenvalue weighted by molar-refractivity contribution is 5.89. The molecule has 27 heavy (non-hydrogen) atoms. The van der Waals surface area contributed by atoms with Crippen LogP contribution in [0.5, 0.6) is 0 Å². The molecule has 0 atom stereocenters. The van der Waals surface area contributed by atoms with E-state index in [1.165, 1.54) is 11.0 Å². The summed E-state index contributed by atoms with van der Waals surface area (Å²) >= 11 is 0. The van der Waals surface area contributed by atoms with E-state index in [0.717, 1.165) is 22.5 Å². The Bertz CT molecular complexity index is 1010. The van der Waals surface area contributed by atoms with Crippen molar-refractivity contribution in [2.24, 2.45) is 0 Å². The van der Waals surface area contributed by atoms with E-state index >= 15 is 0 Å². The number of nitrogens with one attached hydrogen (secondary N) is 2. The number of carbonyl (C=O) groups is 1. The fourth-order valence-electron chi connectivity index (χ4n) is 2.63. The number of hydrogen-bond donors (Lipinski definition) is 2. The Hall–Kier alpha value is -3.67. The lowest BCUT2D eigenvalue weighted by atomic mass is 10.1. The van der Waals surface area contributed by atoms with E-state index in [1.54, 1.807) is 6.20 Å². The lowest BCUT2D eigenvalue weighted by Gasteiger charge is -2.10. The number of hydrogen-bond acceptors (Lipinski definition) is 5. The van der Waals surface area contributed by atoms with Gasteiger partial charge in [0.15, 0.2) is 0 Å². The van der Waals surface area contributed by atoms with Crippen LogP contribution in [0.1, 0.15) is 22.6 Å². The number of carbonyl (C=O) groups excluding carboxylic acids is 1. The van der Waals surface area contributed by atoms with Gasteiger partial charge in [-0.05, 0) is 38.0 Å². The fraction of sp³-hybridized carbons (Fsp3) is 0.278. The summed E-state index contributed by atoms with van der Waals surface area (Å²) < 4.78 is 3.32. The zero-order chi connectivity index (χ0) is 19.4. The van der Waals surface area contributed by atoms with Gasteiger partial charge in [0.25, 0.3) is 5.82 Å². The molecule has 2 aromatic heterocycles. The van der Waals surface area contributed by atoms with Crippen molar-refractivity contribution in [1.82, 2.24) is 29.9 Å². The minimum atomic E-state index is -0.334. The highest BCUT2D eigenvalue weighted by atomic mass is 16.2. The van der Waals surface area contributed by atoms with Crippen LogP contribution in [0.4, 0.5) is 10.5 Å². The molecule has 3 aromatic rings. The average molecular weight is 364 g/mol. The van der Waals surface area contributed by atoms with Gasteiger partial charge in [-0.3, -0.25) is 0 Å². The van der Waals surface area contributed by atoms with Crippen LogP contribution >= 0.6 is 0 Å². The molecule has 0 fully saturated rings. The van der Waals surface area contributed by atoms with E-state index in [2.05, 4.69) is 37.9 Å². The molecule has 0 spiro atoms. The Morgan fingerprint density at radius 2 is 2.11 bits per heavy atom. The fourth-order valence-corrected chi connectivity index (χ4v) is 2.63. The first kappa shape index (κ1) is 18.1. The van der Waals surface area contributed by atoms with Crippen molar-refractivity contribution in [3.05, 3.63) is 53.4 Å². The monoisotopic (exact) mass is 364 g/mol. The van der Waals surface area contributed by atoms with E-state index in [-0.39, 0.29) is 11.9 Å². The Balaban J connectivity index is 1.61. The molecular formula is C18H20N8O. The third kappa shape index (κ3) is 4.12. The predicted molar refractivity (Wildman–Crippen MR) is 99.5 cm³/mol. The van der Waals surface area contributed by atoms with Gasteiger partial charge in [0.2, 0.25) is 0 Å². The maximum Gasteiger partial charge on any atom is 0.319 e. The first-order chi connectivity index (χ1) is 13.0. The molecule has 0 saturated carbocycles. The highest BCUT2D eigenvalue weighted by Gasteiger charge is 2.12. The first-order valence-electron chi connectivity index (χ1n) is 8.44. The minimum Gasteiger partial charge on any atom is -0.336 e. The van der Waals surface area contributed by atoms with Crippen LogP contribution in [-0.2, 0) is 6.54 Å². The minimum absolute atomic E-state index is 0.105. The van der Waals surface area contributed by atoms with Crippen LogP contribution < -0.4 is 10.6 Å². The molecule has 2 heterocycles. The third-order valence-corrected chi connectivity index (χ3v) is 4.11. The number of urea groups is 1. The molecule has 3 rings (SSSR count). The van der Waals surface area contributed by atoms with Crippen molar-refractivity contribution in [3.8, 4) is 11.8 Å². The Morgan fingerprint density at radius 3 is 2.85 bits per heavy atom. The summed E-state index contributed by atoms with van der Waals surface area (Å²) in [4.78, 5) is 15.9. The van der Waals surface area contributed by atoms with E-state index < -0.39 is 0 Å². The lowest BCUT2D eigenvalue weighted by Crippen LogP contribution is -2.31. The third-order valence-electron chi connectivity index (χ3n) is 4.11. The standard InChI is InChI=1S/C18H20N8O/c1-12-4-5-13(2)16(8-12)26-14(3)15(10-22-26)23-18(27)20-6-7-25-11-21-17(9-19)24-25/h4-5,8,10-11H,6-7H2,1-3H3,(H2,20,23,27). The number of benzene rings is 1. The number of aromatic nitrogens is 5. The molecule has 0 saturated heterocycles. The second kappa shape index (κ2) is 7.70.